The topological polar surface area (TPSA) is 74.5 Å². The first-order chi connectivity index (χ1) is 11.5. The zero-order valence-electron chi connectivity index (χ0n) is 14.5. The van der Waals surface area contributed by atoms with Gasteiger partial charge in [0.05, 0.1) is 6.20 Å². The van der Waals surface area contributed by atoms with Crippen molar-refractivity contribution in [3.63, 3.8) is 0 Å². The lowest BCUT2D eigenvalue weighted by Gasteiger charge is -2.35. The Morgan fingerprint density at radius 1 is 1.21 bits per heavy atom. The Morgan fingerprint density at radius 2 is 1.92 bits per heavy atom. The predicted molar refractivity (Wildman–Crippen MR) is 91.5 cm³/mol. The number of carbonyl (C=O) groups is 1. The number of amides is 1. The molecule has 2 aromatic rings. The van der Waals surface area contributed by atoms with Crippen molar-refractivity contribution in [1.29, 1.82) is 0 Å². The highest BCUT2D eigenvalue weighted by Crippen LogP contribution is 2.18. The smallest absolute Gasteiger partial charge is 0.251 e. The summed E-state index contributed by atoms with van der Waals surface area (Å²) in [4.78, 5) is 20.4. The van der Waals surface area contributed by atoms with Crippen LogP contribution in [0.1, 0.15) is 32.4 Å². The normalized spacial score (nSPS) is 17.6. The molecule has 24 heavy (non-hydrogen) atoms. The van der Waals surface area contributed by atoms with E-state index in [-0.39, 0.29) is 5.91 Å². The molecule has 1 fully saturated rings. The van der Waals surface area contributed by atoms with Gasteiger partial charge in [0, 0.05) is 50.3 Å². The molecule has 2 aromatic heterocycles. The first-order valence-corrected chi connectivity index (χ1v) is 8.47. The number of aliphatic hydroxyl groups is 1. The van der Waals surface area contributed by atoms with Gasteiger partial charge in [0.1, 0.15) is 6.10 Å². The summed E-state index contributed by atoms with van der Waals surface area (Å²) in [6, 6.07) is 2.43. The van der Waals surface area contributed by atoms with Crippen molar-refractivity contribution in [2.45, 2.75) is 39.5 Å². The van der Waals surface area contributed by atoms with E-state index in [1.54, 1.807) is 4.90 Å². The van der Waals surface area contributed by atoms with Crippen LogP contribution in [0.25, 0.3) is 11.0 Å². The van der Waals surface area contributed by atoms with Gasteiger partial charge in [0.15, 0.2) is 5.65 Å². The van der Waals surface area contributed by atoms with Crippen LogP contribution < -0.4 is 0 Å². The van der Waals surface area contributed by atoms with Crippen molar-refractivity contribution in [2.75, 3.05) is 26.2 Å². The number of fused-ring (bicyclic) bond motifs is 1. The van der Waals surface area contributed by atoms with Gasteiger partial charge in [-0.15, -0.1) is 0 Å². The lowest BCUT2D eigenvalue weighted by Crippen LogP contribution is -2.50. The maximum atomic E-state index is 11.8. The van der Waals surface area contributed by atoms with Gasteiger partial charge in [-0.05, 0) is 32.4 Å². The minimum Gasteiger partial charge on any atom is -0.384 e. The Balaban J connectivity index is 1.63. The zero-order valence-corrected chi connectivity index (χ0v) is 14.5. The van der Waals surface area contributed by atoms with Crippen LogP contribution in [0.2, 0.25) is 0 Å². The van der Waals surface area contributed by atoms with Crippen molar-refractivity contribution < 1.29 is 9.90 Å². The molecule has 1 saturated heterocycles. The molecule has 1 amide bonds. The summed E-state index contributed by atoms with van der Waals surface area (Å²) in [6.07, 6.45) is 2.86. The van der Waals surface area contributed by atoms with E-state index in [0.29, 0.717) is 19.1 Å². The largest absolute Gasteiger partial charge is 0.384 e. The number of hydrogen-bond acceptors (Lipinski definition) is 5. The Kier molecular flexibility index (Phi) is 4.82. The molecule has 7 heteroatoms. The first-order valence-electron chi connectivity index (χ1n) is 8.47. The summed E-state index contributed by atoms with van der Waals surface area (Å²) in [7, 11) is 0. The minimum atomic E-state index is -0.916. The van der Waals surface area contributed by atoms with E-state index < -0.39 is 6.10 Å². The fourth-order valence-corrected chi connectivity index (χ4v) is 3.10. The fraction of sp³-hybridized carbons (Fsp3) is 0.588. The van der Waals surface area contributed by atoms with E-state index in [1.165, 1.54) is 6.92 Å². The molecule has 130 valence electrons. The third kappa shape index (κ3) is 3.42. The number of piperazine rings is 1. The van der Waals surface area contributed by atoms with Crippen molar-refractivity contribution in [1.82, 2.24) is 24.6 Å². The molecule has 1 unspecified atom stereocenters. The van der Waals surface area contributed by atoms with E-state index in [4.69, 9.17) is 0 Å². The maximum absolute atomic E-state index is 11.8. The highest BCUT2D eigenvalue weighted by molar-refractivity contribution is 5.80. The van der Waals surface area contributed by atoms with Crippen molar-refractivity contribution in [3.05, 3.63) is 24.0 Å². The quantitative estimate of drug-likeness (QED) is 0.906. The Hall–Kier alpha value is -1.99. The van der Waals surface area contributed by atoms with Crippen molar-refractivity contribution in [2.24, 2.45) is 0 Å². The van der Waals surface area contributed by atoms with Crippen LogP contribution in [-0.4, -0.2) is 67.9 Å². The second kappa shape index (κ2) is 6.86. The molecule has 1 atom stereocenters. The van der Waals surface area contributed by atoms with Gasteiger partial charge in [0.25, 0.3) is 5.91 Å². The van der Waals surface area contributed by atoms with Gasteiger partial charge in [0.2, 0.25) is 0 Å². The van der Waals surface area contributed by atoms with Gasteiger partial charge < -0.3 is 10.0 Å². The highest BCUT2D eigenvalue weighted by atomic mass is 16.3. The molecule has 7 nitrogen and oxygen atoms in total. The van der Waals surface area contributed by atoms with Gasteiger partial charge in [-0.2, -0.15) is 5.10 Å². The summed E-state index contributed by atoms with van der Waals surface area (Å²) < 4.78 is 1.93. The molecule has 0 aliphatic carbocycles. The number of aliphatic hydroxyl groups excluding tert-OH is 1. The SMILES string of the molecule is CC(O)C(=O)N1CCN(Cc2cnc3c(cnn3C(C)C)c2)CC1. The van der Waals surface area contributed by atoms with E-state index >= 15 is 0 Å². The molecule has 0 bridgehead atoms. The third-order valence-corrected chi connectivity index (χ3v) is 4.43. The summed E-state index contributed by atoms with van der Waals surface area (Å²) in [5, 5.41) is 14.9. The molecule has 0 radical (unpaired) electrons. The first kappa shape index (κ1) is 16.9. The van der Waals surface area contributed by atoms with Crippen molar-refractivity contribution in [3.8, 4) is 0 Å². The minimum absolute atomic E-state index is 0.182. The molecule has 1 aliphatic rings. The van der Waals surface area contributed by atoms with Crippen LogP contribution in [0.15, 0.2) is 18.5 Å². The summed E-state index contributed by atoms with van der Waals surface area (Å²) in [5.41, 5.74) is 2.07. The second-order valence-corrected chi connectivity index (χ2v) is 6.72. The molecular formula is C17H25N5O2. The molecule has 0 aromatic carbocycles. The van der Waals surface area contributed by atoms with Crippen molar-refractivity contribution >= 4 is 16.9 Å². The van der Waals surface area contributed by atoms with Gasteiger partial charge in [-0.25, -0.2) is 9.67 Å². The van der Waals surface area contributed by atoms with Crippen LogP contribution in [0, 0.1) is 0 Å². The van der Waals surface area contributed by atoms with Crippen LogP contribution >= 0.6 is 0 Å². The molecular weight excluding hydrogens is 306 g/mol. The monoisotopic (exact) mass is 331 g/mol. The van der Waals surface area contributed by atoms with Crippen LogP contribution in [0.4, 0.5) is 0 Å². The van der Waals surface area contributed by atoms with Crippen LogP contribution in [-0.2, 0) is 11.3 Å². The summed E-state index contributed by atoms with van der Waals surface area (Å²) in [5.74, 6) is -0.182. The Morgan fingerprint density at radius 3 is 2.54 bits per heavy atom. The molecule has 1 N–H and O–H groups in total. The Bertz CT molecular complexity index is 717. The number of carbonyl (C=O) groups excluding carboxylic acids is 1. The van der Waals surface area contributed by atoms with Gasteiger partial charge in [-0.3, -0.25) is 9.69 Å². The third-order valence-electron chi connectivity index (χ3n) is 4.43. The predicted octanol–water partition coefficient (Wildman–Crippen LogP) is 1.04. The molecule has 3 heterocycles. The van der Waals surface area contributed by atoms with Crippen LogP contribution in [0.3, 0.4) is 0 Å². The fourth-order valence-electron chi connectivity index (χ4n) is 3.10. The lowest BCUT2D eigenvalue weighted by molar-refractivity contribution is -0.141. The summed E-state index contributed by atoms with van der Waals surface area (Å²) in [6.45, 7) is 9.45. The molecule has 1 aliphatic heterocycles. The molecule has 0 saturated carbocycles. The lowest BCUT2D eigenvalue weighted by atomic mass is 10.2. The number of aromatic nitrogens is 3. The van der Waals surface area contributed by atoms with E-state index in [9.17, 15) is 9.90 Å². The number of pyridine rings is 1. The van der Waals surface area contributed by atoms with Gasteiger partial charge in [-0.1, -0.05) is 0 Å². The molecule has 3 rings (SSSR count). The number of rotatable bonds is 4. The van der Waals surface area contributed by atoms with E-state index in [2.05, 4.69) is 34.9 Å². The molecule has 0 spiro atoms. The highest BCUT2D eigenvalue weighted by Gasteiger charge is 2.23. The van der Waals surface area contributed by atoms with Crippen LogP contribution in [0.5, 0.6) is 0 Å². The standard InChI is InChI=1S/C17H25N5O2/c1-12(2)22-16-15(10-19-22)8-14(9-18-16)11-20-4-6-21(7-5-20)17(24)13(3)23/h8-10,12-13,23H,4-7,11H2,1-3H3. The van der Waals surface area contributed by atoms with E-state index in [0.717, 1.165) is 36.2 Å². The number of nitrogens with zero attached hydrogens (tertiary/aromatic N) is 5. The zero-order chi connectivity index (χ0) is 17.3. The summed E-state index contributed by atoms with van der Waals surface area (Å²) >= 11 is 0. The number of hydrogen-bond donors (Lipinski definition) is 1. The maximum Gasteiger partial charge on any atom is 0.251 e. The second-order valence-electron chi connectivity index (χ2n) is 6.72. The van der Waals surface area contributed by atoms with E-state index in [1.807, 2.05) is 17.1 Å². The average molecular weight is 331 g/mol. The van der Waals surface area contributed by atoms with Gasteiger partial charge >= 0.3 is 0 Å². The average Bonchev–Trinajstić information content (AvgIpc) is 2.98. The Labute approximate surface area is 141 Å².